The molecule has 1 amide bonds. The number of hydrogen-bond donors (Lipinski definition) is 1. The van der Waals surface area contributed by atoms with Crippen molar-refractivity contribution in [2.75, 3.05) is 0 Å². The first-order valence-corrected chi connectivity index (χ1v) is 9.85. The van der Waals surface area contributed by atoms with Crippen LogP contribution >= 0.6 is 11.8 Å². The quantitative estimate of drug-likeness (QED) is 0.810. The van der Waals surface area contributed by atoms with Gasteiger partial charge >= 0.3 is 0 Å². The number of tetrazole rings is 1. The molecule has 1 fully saturated rings. The highest BCUT2D eigenvalue weighted by atomic mass is 32.2. The lowest BCUT2D eigenvalue weighted by Crippen LogP contribution is -2.46. The molecule has 1 heterocycles. The van der Waals surface area contributed by atoms with Crippen LogP contribution in [0.1, 0.15) is 40.0 Å². The summed E-state index contributed by atoms with van der Waals surface area (Å²) in [5.74, 6) is 0.717. The Morgan fingerprint density at radius 2 is 2.19 bits per heavy atom. The van der Waals surface area contributed by atoms with Gasteiger partial charge in [0.1, 0.15) is 5.82 Å². The first kappa shape index (κ1) is 18.8. The third-order valence-corrected chi connectivity index (χ3v) is 6.21. The molecule has 0 radical (unpaired) electrons. The molecular weight excluding hydrogens is 353 g/mol. The number of nitrogens with one attached hydrogen (secondary N) is 1. The predicted octanol–water partition coefficient (Wildman–Crippen LogP) is 3.22. The van der Waals surface area contributed by atoms with Gasteiger partial charge in [0.05, 0.1) is 10.9 Å². The highest BCUT2D eigenvalue weighted by Gasteiger charge is 2.30. The first-order valence-electron chi connectivity index (χ1n) is 8.97. The number of thioether (sulfide) groups is 1. The molecule has 1 aliphatic rings. The van der Waals surface area contributed by atoms with E-state index in [0.717, 1.165) is 12.8 Å². The summed E-state index contributed by atoms with van der Waals surface area (Å²) in [7, 11) is 0. The predicted molar refractivity (Wildman–Crippen MR) is 98.5 cm³/mol. The maximum absolute atomic E-state index is 13.5. The Hall–Kier alpha value is -1.96. The van der Waals surface area contributed by atoms with Gasteiger partial charge in [0.15, 0.2) is 0 Å². The number of carbonyl (C=O) groups is 1. The Morgan fingerprint density at radius 3 is 2.96 bits per heavy atom. The van der Waals surface area contributed by atoms with E-state index in [1.165, 1.54) is 35.0 Å². The molecular formula is C18H24FN5OS. The summed E-state index contributed by atoms with van der Waals surface area (Å²) in [6.45, 7) is 6.28. The van der Waals surface area contributed by atoms with Crippen LogP contribution in [0.5, 0.6) is 0 Å². The van der Waals surface area contributed by atoms with Gasteiger partial charge in [-0.15, -0.1) is 5.10 Å². The van der Waals surface area contributed by atoms with Crippen molar-refractivity contribution in [3.63, 3.8) is 0 Å². The molecule has 0 spiro atoms. The lowest BCUT2D eigenvalue weighted by atomic mass is 9.78. The van der Waals surface area contributed by atoms with E-state index in [1.54, 1.807) is 12.1 Å². The molecule has 4 atom stereocenters. The van der Waals surface area contributed by atoms with Crippen LogP contribution in [-0.2, 0) is 4.79 Å². The third-order valence-electron chi connectivity index (χ3n) is 5.18. The summed E-state index contributed by atoms with van der Waals surface area (Å²) < 4.78 is 14.9. The van der Waals surface area contributed by atoms with Crippen LogP contribution in [0.2, 0.25) is 0 Å². The Kier molecular flexibility index (Phi) is 5.90. The van der Waals surface area contributed by atoms with Crippen molar-refractivity contribution in [2.45, 2.75) is 56.5 Å². The van der Waals surface area contributed by atoms with E-state index in [2.05, 4.69) is 34.7 Å². The molecule has 0 aliphatic heterocycles. The van der Waals surface area contributed by atoms with Crippen molar-refractivity contribution in [3.8, 4) is 5.69 Å². The number of aromatic nitrogens is 4. The minimum atomic E-state index is -0.361. The van der Waals surface area contributed by atoms with Crippen LogP contribution in [-0.4, -0.2) is 37.4 Å². The summed E-state index contributed by atoms with van der Waals surface area (Å²) in [6.07, 6.45) is 3.39. The maximum atomic E-state index is 13.5. The van der Waals surface area contributed by atoms with Crippen molar-refractivity contribution in [1.82, 2.24) is 25.5 Å². The Balaban J connectivity index is 1.66. The van der Waals surface area contributed by atoms with E-state index in [-0.39, 0.29) is 23.0 Å². The number of carbonyl (C=O) groups excluding carboxylic acids is 1. The molecule has 1 aromatic heterocycles. The molecule has 8 heteroatoms. The van der Waals surface area contributed by atoms with Crippen LogP contribution in [0.3, 0.4) is 0 Å². The van der Waals surface area contributed by atoms with Crippen molar-refractivity contribution < 1.29 is 9.18 Å². The highest BCUT2D eigenvalue weighted by molar-refractivity contribution is 8.00. The molecule has 26 heavy (non-hydrogen) atoms. The van der Waals surface area contributed by atoms with Crippen LogP contribution in [0.25, 0.3) is 5.69 Å². The van der Waals surface area contributed by atoms with Crippen molar-refractivity contribution in [2.24, 2.45) is 11.8 Å². The molecule has 0 unspecified atom stereocenters. The number of amides is 1. The highest BCUT2D eigenvalue weighted by Crippen LogP contribution is 2.30. The zero-order valence-corrected chi connectivity index (χ0v) is 16.0. The van der Waals surface area contributed by atoms with Gasteiger partial charge in [0.2, 0.25) is 11.1 Å². The summed E-state index contributed by atoms with van der Waals surface area (Å²) in [4.78, 5) is 12.6. The number of rotatable bonds is 5. The van der Waals surface area contributed by atoms with Crippen LogP contribution in [0.4, 0.5) is 4.39 Å². The summed E-state index contributed by atoms with van der Waals surface area (Å²) >= 11 is 1.27. The SMILES string of the molecule is C[C@@H]1[C@@H](C)CCC[C@H]1NC(=O)[C@H](C)Sc1nnnn1-c1cccc(F)c1. The largest absolute Gasteiger partial charge is 0.352 e. The number of hydrogen-bond acceptors (Lipinski definition) is 5. The molecule has 140 valence electrons. The van der Waals surface area contributed by atoms with Crippen LogP contribution in [0.15, 0.2) is 29.4 Å². The smallest absolute Gasteiger partial charge is 0.233 e. The van der Waals surface area contributed by atoms with E-state index >= 15 is 0 Å². The normalized spacial score (nSPS) is 24.2. The molecule has 0 bridgehead atoms. The fourth-order valence-corrected chi connectivity index (χ4v) is 4.14. The Bertz CT molecular complexity index is 768. The lowest BCUT2D eigenvalue weighted by molar-refractivity contribution is -0.121. The second-order valence-electron chi connectivity index (χ2n) is 7.00. The van der Waals surface area contributed by atoms with Gasteiger partial charge in [-0.2, -0.15) is 4.68 Å². The first-order chi connectivity index (χ1) is 12.5. The van der Waals surface area contributed by atoms with Gasteiger partial charge in [0.25, 0.3) is 0 Å². The van der Waals surface area contributed by atoms with Gasteiger partial charge < -0.3 is 5.32 Å². The molecule has 0 saturated heterocycles. The van der Waals surface area contributed by atoms with Crippen LogP contribution in [0, 0.1) is 17.7 Å². The van der Waals surface area contributed by atoms with Gasteiger partial charge in [-0.3, -0.25) is 4.79 Å². The minimum absolute atomic E-state index is 0.0188. The Labute approximate surface area is 156 Å². The number of benzene rings is 1. The summed E-state index contributed by atoms with van der Waals surface area (Å²) in [5, 5.41) is 14.9. The fraction of sp³-hybridized carbons (Fsp3) is 0.556. The van der Waals surface area contributed by atoms with Gasteiger partial charge in [-0.1, -0.05) is 44.5 Å². The van der Waals surface area contributed by atoms with E-state index in [1.807, 2.05) is 6.92 Å². The zero-order chi connectivity index (χ0) is 18.7. The van der Waals surface area contributed by atoms with Gasteiger partial charge in [-0.05, 0) is 53.8 Å². The fourth-order valence-electron chi connectivity index (χ4n) is 3.32. The molecule has 6 nitrogen and oxygen atoms in total. The minimum Gasteiger partial charge on any atom is -0.352 e. The molecule has 1 aromatic carbocycles. The standard InChI is InChI=1S/C18H24FN5OS/c1-11-6-4-9-16(12(11)2)20-17(25)13(3)26-18-21-22-23-24(18)15-8-5-7-14(19)10-15/h5,7-8,10-13,16H,4,6,9H2,1-3H3,(H,20,25)/t11-,12+,13-,16+/m0/s1. The number of halogens is 1. The second kappa shape index (κ2) is 8.16. The molecule has 1 aliphatic carbocycles. The Morgan fingerprint density at radius 1 is 1.38 bits per heavy atom. The second-order valence-corrected chi connectivity index (χ2v) is 8.30. The number of nitrogens with zero attached hydrogens (tertiary/aromatic N) is 4. The zero-order valence-electron chi connectivity index (χ0n) is 15.2. The monoisotopic (exact) mass is 377 g/mol. The van der Waals surface area contributed by atoms with Crippen molar-refractivity contribution in [3.05, 3.63) is 30.1 Å². The molecule has 2 aromatic rings. The van der Waals surface area contributed by atoms with Crippen molar-refractivity contribution in [1.29, 1.82) is 0 Å². The van der Waals surface area contributed by atoms with E-state index < -0.39 is 0 Å². The van der Waals surface area contributed by atoms with Gasteiger partial charge in [-0.25, -0.2) is 4.39 Å². The van der Waals surface area contributed by atoms with E-state index in [0.29, 0.717) is 22.7 Å². The lowest BCUT2D eigenvalue weighted by Gasteiger charge is -2.35. The van der Waals surface area contributed by atoms with Crippen molar-refractivity contribution >= 4 is 17.7 Å². The van der Waals surface area contributed by atoms with E-state index in [9.17, 15) is 9.18 Å². The molecule has 1 N–H and O–H groups in total. The molecule has 1 saturated carbocycles. The average Bonchev–Trinajstić information content (AvgIpc) is 3.07. The summed E-state index contributed by atoms with van der Waals surface area (Å²) in [6, 6.07) is 6.26. The van der Waals surface area contributed by atoms with E-state index in [4.69, 9.17) is 0 Å². The maximum Gasteiger partial charge on any atom is 0.233 e. The molecule has 3 rings (SSSR count). The van der Waals surface area contributed by atoms with Crippen LogP contribution < -0.4 is 5.32 Å². The average molecular weight is 377 g/mol. The van der Waals surface area contributed by atoms with Gasteiger partial charge in [0, 0.05) is 6.04 Å². The topological polar surface area (TPSA) is 72.7 Å². The summed E-state index contributed by atoms with van der Waals surface area (Å²) in [5.41, 5.74) is 0.528. The third kappa shape index (κ3) is 4.23.